The maximum atomic E-state index is 12.3. The van der Waals surface area contributed by atoms with Crippen LogP contribution in [0.5, 0.6) is 34.5 Å². The maximum Gasteiger partial charge on any atom is 0.338 e. The summed E-state index contributed by atoms with van der Waals surface area (Å²) in [4.78, 5) is 72.0. The van der Waals surface area contributed by atoms with Gasteiger partial charge < -0.3 is 75.8 Å². The molecule has 0 heterocycles. The van der Waals surface area contributed by atoms with Crippen molar-refractivity contribution in [2.45, 2.75) is 76.5 Å². The number of rotatable bonds is 22. The summed E-state index contributed by atoms with van der Waals surface area (Å²) in [6, 6.07) is 35.7. The predicted molar refractivity (Wildman–Crippen MR) is 313 cm³/mol. The minimum Gasteiger partial charge on any atom is -0.504 e. The number of esters is 6. The molecule has 0 amide bonds. The highest BCUT2D eigenvalue weighted by molar-refractivity contribution is 7.85. The normalized spacial score (nSPS) is 12.6. The van der Waals surface area contributed by atoms with Gasteiger partial charge >= 0.3 is 35.8 Å². The molecule has 6 rings (SSSR count). The highest BCUT2D eigenvalue weighted by Crippen LogP contribution is 2.27. The lowest BCUT2D eigenvalue weighted by Crippen LogP contribution is -2.38. The number of phenolic OH excluding ortho intramolecular Hbond substituents is 6. The Bertz CT molecular complexity index is 3070. The van der Waals surface area contributed by atoms with Crippen LogP contribution in [0.15, 0.2) is 146 Å². The van der Waals surface area contributed by atoms with Crippen molar-refractivity contribution in [2.24, 2.45) is 11.5 Å². The number of likely N-dealkylation sites (N-methyl/N-ethyl adjacent to an activating group) is 1. The van der Waals surface area contributed by atoms with E-state index in [1.165, 1.54) is 36.4 Å². The standard InChI is InChI=1S/C20H23NO6.2C19H21NO6.CH4O3S.ClH.H2/c1-13(27-19(24)15-6-4-3-5-7-15)12-26-20(25)16(21-2)10-14-8-9-17(22)18(23)11-14;2*1-12(26-18(23)14-5-3-2-4-6-14)11-25-19(24)15(20)9-13-7-8-16(21)17(22)10-13;1-5(2,3)4;;/h3-9,11,13,16,21-23H,10,12H2,1-2H3;2*2-8,10,12,15,21-22H,9,11,20H2,1H3;1H3,(H,2,3,4);2*1H/t13-,16+;2*12-,15+;;;/m111.../s1. The van der Waals surface area contributed by atoms with Crippen LogP contribution in [0.3, 0.4) is 0 Å². The van der Waals surface area contributed by atoms with Crippen LogP contribution in [0.4, 0.5) is 0 Å². The lowest BCUT2D eigenvalue weighted by molar-refractivity contribution is -0.149. The van der Waals surface area contributed by atoms with Gasteiger partial charge in [-0.1, -0.05) is 72.8 Å². The Morgan fingerprint density at radius 2 is 0.718 bits per heavy atom. The van der Waals surface area contributed by atoms with Gasteiger partial charge in [0.2, 0.25) is 0 Å². The van der Waals surface area contributed by atoms with Crippen molar-refractivity contribution < 1.29 is 102 Å². The fraction of sp³-hybridized carbons (Fsp3) is 0.288. The number of nitrogens with one attached hydrogen (secondary N) is 1. The topological polar surface area (TPSA) is 398 Å². The molecule has 26 heteroatoms. The van der Waals surface area contributed by atoms with E-state index in [0.717, 1.165) is 0 Å². The summed E-state index contributed by atoms with van der Waals surface area (Å²) in [6.07, 6.45) is -0.616. The van der Waals surface area contributed by atoms with Gasteiger partial charge in [-0.3, -0.25) is 18.9 Å². The second-order valence-electron chi connectivity index (χ2n) is 18.5. The van der Waals surface area contributed by atoms with E-state index >= 15 is 0 Å². The van der Waals surface area contributed by atoms with Crippen LogP contribution in [-0.2, 0) is 72.2 Å². The first kappa shape index (κ1) is 72.1. The highest BCUT2D eigenvalue weighted by atomic mass is 35.5. The second kappa shape index (κ2) is 36.6. The Labute approximate surface area is 498 Å². The van der Waals surface area contributed by atoms with Crippen LogP contribution in [0.25, 0.3) is 0 Å². The van der Waals surface area contributed by atoms with E-state index in [-0.39, 0.29) is 87.4 Å². The minimum absolute atomic E-state index is 0. The molecule has 0 aliphatic carbocycles. The fourth-order valence-electron chi connectivity index (χ4n) is 6.79. The van der Waals surface area contributed by atoms with Crippen molar-refractivity contribution in [2.75, 3.05) is 33.1 Å². The van der Waals surface area contributed by atoms with E-state index < -0.39 is 82.4 Å². The van der Waals surface area contributed by atoms with Crippen LogP contribution >= 0.6 is 12.4 Å². The minimum atomic E-state index is -3.67. The van der Waals surface area contributed by atoms with E-state index in [4.69, 9.17) is 44.4 Å². The molecule has 85 heavy (non-hydrogen) atoms. The zero-order chi connectivity index (χ0) is 62.5. The molecule has 0 aromatic heterocycles. The van der Waals surface area contributed by atoms with Gasteiger partial charge in [0.15, 0.2) is 34.5 Å². The van der Waals surface area contributed by atoms with Crippen molar-refractivity contribution in [1.29, 1.82) is 0 Å². The van der Waals surface area contributed by atoms with Gasteiger partial charge in [0.05, 0.1) is 22.9 Å². The van der Waals surface area contributed by atoms with Crippen molar-refractivity contribution >= 4 is 58.3 Å². The number of ether oxygens (including phenoxy) is 6. The molecule has 0 saturated heterocycles. The Morgan fingerprint density at radius 1 is 0.459 bits per heavy atom. The molecule has 6 atom stereocenters. The summed E-state index contributed by atoms with van der Waals surface area (Å²) in [5, 5.41) is 59.2. The zero-order valence-electron chi connectivity index (χ0n) is 46.9. The third kappa shape index (κ3) is 28.2. The van der Waals surface area contributed by atoms with Gasteiger partial charge in [0.1, 0.15) is 56.3 Å². The van der Waals surface area contributed by atoms with Gasteiger partial charge in [0.25, 0.3) is 10.1 Å². The molecule has 0 fully saturated rings. The summed E-state index contributed by atoms with van der Waals surface area (Å²) >= 11 is 0. The molecule has 0 unspecified atom stereocenters. The number of hydrogen-bond acceptors (Lipinski definition) is 23. The smallest absolute Gasteiger partial charge is 0.338 e. The van der Waals surface area contributed by atoms with E-state index in [1.807, 2.05) is 0 Å². The molecule has 12 N–H and O–H groups in total. The van der Waals surface area contributed by atoms with Crippen LogP contribution in [0, 0.1) is 0 Å². The third-order valence-electron chi connectivity index (χ3n) is 11.0. The van der Waals surface area contributed by atoms with Gasteiger partial charge in [-0.25, -0.2) is 14.4 Å². The third-order valence-corrected chi connectivity index (χ3v) is 11.0. The van der Waals surface area contributed by atoms with Crippen molar-refractivity contribution in [3.8, 4) is 34.5 Å². The number of benzene rings is 6. The highest BCUT2D eigenvalue weighted by Gasteiger charge is 2.23. The van der Waals surface area contributed by atoms with E-state index in [0.29, 0.717) is 39.6 Å². The summed E-state index contributed by atoms with van der Waals surface area (Å²) in [7, 11) is -2.05. The van der Waals surface area contributed by atoms with Gasteiger partial charge in [-0.05, 0) is 137 Å². The Hall–Kier alpha value is -8.98. The molecule has 0 bridgehead atoms. The molecule has 462 valence electrons. The van der Waals surface area contributed by atoms with Crippen LogP contribution in [0.1, 0.15) is 70.0 Å². The molecule has 0 saturated carbocycles. The number of phenols is 6. The Balaban J connectivity index is 0.000000612. The molecule has 6 aromatic carbocycles. The van der Waals surface area contributed by atoms with E-state index in [1.54, 1.807) is 137 Å². The SMILES string of the molecule is CN[C@@H](Cc1ccc(O)c(O)c1)C(=O)OC[C@@H](C)OC(=O)c1ccccc1.CS(=O)(=O)O.C[C@H](COC(=O)[C@@H](N)Cc1ccc(O)c(O)c1)OC(=O)c1ccccc1.C[C@H](COC(=O)[C@@H](N)Cc1ccc(O)c(O)c1)OC(=O)c1ccccc1.Cl.[HH]. The average molecular weight is 1230 g/mol. The van der Waals surface area contributed by atoms with Gasteiger partial charge in [-0.2, -0.15) is 8.42 Å². The van der Waals surface area contributed by atoms with Crippen molar-refractivity contribution in [3.63, 3.8) is 0 Å². The quantitative estimate of drug-likeness (QED) is 0.0169. The van der Waals surface area contributed by atoms with Gasteiger partial charge in [-0.15, -0.1) is 12.4 Å². The largest absolute Gasteiger partial charge is 0.504 e. The summed E-state index contributed by atoms with van der Waals surface area (Å²) in [6.45, 7) is 4.55. The fourth-order valence-corrected chi connectivity index (χ4v) is 6.79. The van der Waals surface area contributed by atoms with Crippen LogP contribution in [-0.4, -0.2) is 149 Å². The van der Waals surface area contributed by atoms with E-state index in [9.17, 15) is 67.8 Å². The Kier molecular flexibility index (Phi) is 31.0. The number of carbonyl (C=O) groups is 6. The molecule has 24 nitrogen and oxygen atoms in total. The number of carbonyl (C=O) groups excluding carboxylic acids is 6. The average Bonchev–Trinajstić information content (AvgIpc) is 3.52. The maximum absolute atomic E-state index is 12.3. The molecular formula is C59H72ClN3O21S. The summed E-state index contributed by atoms with van der Waals surface area (Å²) in [5.41, 5.74) is 14.6. The first-order chi connectivity index (χ1) is 39.6. The lowest BCUT2D eigenvalue weighted by atomic mass is 10.1. The molecule has 0 radical (unpaired) electrons. The monoisotopic (exact) mass is 1230 g/mol. The molecule has 0 aliphatic heterocycles. The van der Waals surface area contributed by atoms with E-state index in [2.05, 4.69) is 5.32 Å². The summed E-state index contributed by atoms with van der Waals surface area (Å²) < 4.78 is 56.9. The molecule has 0 aliphatic rings. The predicted octanol–water partition coefficient (Wildman–Crippen LogP) is 5.70. The van der Waals surface area contributed by atoms with Crippen molar-refractivity contribution in [1.82, 2.24) is 5.32 Å². The first-order valence-electron chi connectivity index (χ1n) is 25.5. The Morgan fingerprint density at radius 3 is 0.976 bits per heavy atom. The van der Waals surface area contributed by atoms with Gasteiger partial charge in [0, 0.05) is 1.43 Å². The molecule has 6 aromatic rings. The van der Waals surface area contributed by atoms with Crippen LogP contribution in [0.2, 0.25) is 0 Å². The second-order valence-corrected chi connectivity index (χ2v) is 20.0. The zero-order valence-corrected chi connectivity index (χ0v) is 48.5. The number of hydrogen-bond donors (Lipinski definition) is 10. The van der Waals surface area contributed by atoms with Crippen molar-refractivity contribution in [3.05, 3.63) is 179 Å². The lowest BCUT2D eigenvalue weighted by Gasteiger charge is -2.18. The number of halogens is 1. The number of nitrogens with two attached hydrogens (primary N) is 2. The molecular weight excluding hydrogens is 1150 g/mol. The number of aromatic hydroxyl groups is 6. The molecule has 0 spiro atoms. The first-order valence-corrected chi connectivity index (χ1v) is 27.4. The van der Waals surface area contributed by atoms with Crippen LogP contribution < -0.4 is 16.8 Å². The summed E-state index contributed by atoms with van der Waals surface area (Å²) in [5.74, 6) is -4.85.